The Hall–Kier alpha value is -0.120. The Morgan fingerprint density at radius 3 is 2.67 bits per heavy atom. The van der Waals surface area contributed by atoms with Crippen LogP contribution in [0.4, 0.5) is 0 Å². The topological polar surface area (TPSA) is 21.7 Å². The summed E-state index contributed by atoms with van der Waals surface area (Å²) in [5.41, 5.74) is 0. The Kier molecular flexibility index (Phi) is 3.98. The maximum absolute atomic E-state index is 5.62. The highest BCUT2D eigenvalue weighted by molar-refractivity contribution is 4.80. The lowest BCUT2D eigenvalue weighted by molar-refractivity contribution is 0.0231. The summed E-state index contributed by atoms with van der Waals surface area (Å²) < 4.78 is 10.5. The standard InChI is InChI=1S/C9H19NO2/c1-8-6-9(7-10(8)2)12-5-4-11-3/h8-9H,4-7H2,1-3H3/t8-,9?/m1/s1. The van der Waals surface area contributed by atoms with Crippen molar-refractivity contribution in [1.82, 2.24) is 4.90 Å². The fraction of sp³-hybridized carbons (Fsp3) is 1.00. The molecular weight excluding hydrogens is 154 g/mol. The van der Waals surface area contributed by atoms with Crippen LogP contribution in [0.2, 0.25) is 0 Å². The molecule has 1 unspecified atom stereocenters. The van der Waals surface area contributed by atoms with Gasteiger partial charge in [-0.25, -0.2) is 0 Å². The lowest BCUT2D eigenvalue weighted by Gasteiger charge is -2.12. The molecule has 3 nitrogen and oxygen atoms in total. The molecule has 72 valence electrons. The minimum atomic E-state index is 0.417. The summed E-state index contributed by atoms with van der Waals surface area (Å²) in [7, 11) is 3.84. The molecule has 1 saturated heterocycles. The molecule has 0 N–H and O–H groups in total. The molecule has 1 fully saturated rings. The number of hydrogen-bond acceptors (Lipinski definition) is 3. The lowest BCUT2D eigenvalue weighted by Crippen LogP contribution is -2.23. The van der Waals surface area contributed by atoms with Crippen molar-refractivity contribution in [2.45, 2.75) is 25.5 Å². The van der Waals surface area contributed by atoms with Gasteiger partial charge in [0.05, 0.1) is 19.3 Å². The third kappa shape index (κ3) is 2.73. The quantitative estimate of drug-likeness (QED) is 0.585. The first-order valence-corrected chi connectivity index (χ1v) is 4.55. The van der Waals surface area contributed by atoms with E-state index in [4.69, 9.17) is 9.47 Å². The lowest BCUT2D eigenvalue weighted by atomic mass is 10.2. The molecule has 0 aromatic rings. The van der Waals surface area contributed by atoms with Crippen molar-refractivity contribution in [3.63, 3.8) is 0 Å². The molecule has 1 rings (SSSR count). The van der Waals surface area contributed by atoms with Gasteiger partial charge in [-0.05, 0) is 20.4 Å². The van der Waals surface area contributed by atoms with Crippen LogP contribution in [0.1, 0.15) is 13.3 Å². The van der Waals surface area contributed by atoms with E-state index in [-0.39, 0.29) is 0 Å². The van der Waals surface area contributed by atoms with Gasteiger partial charge in [-0.2, -0.15) is 0 Å². The van der Waals surface area contributed by atoms with E-state index in [0.29, 0.717) is 18.8 Å². The number of hydrogen-bond donors (Lipinski definition) is 0. The molecule has 0 spiro atoms. The molecule has 1 aliphatic rings. The Morgan fingerprint density at radius 2 is 2.17 bits per heavy atom. The highest BCUT2D eigenvalue weighted by Gasteiger charge is 2.26. The maximum atomic E-state index is 5.62. The van der Waals surface area contributed by atoms with Crippen LogP contribution in [0.3, 0.4) is 0 Å². The molecule has 0 radical (unpaired) electrons. The van der Waals surface area contributed by atoms with Crippen molar-refractivity contribution in [1.29, 1.82) is 0 Å². The first kappa shape index (κ1) is 9.96. The molecule has 0 aliphatic carbocycles. The van der Waals surface area contributed by atoms with E-state index in [1.807, 2.05) is 0 Å². The number of ether oxygens (including phenoxy) is 2. The van der Waals surface area contributed by atoms with Crippen molar-refractivity contribution >= 4 is 0 Å². The average Bonchev–Trinajstić information content (AvgIpc) is 2.32. The second-order valence-corrected chi connectivity index (χ2v) is 3.51. The van der Waals surface area contributed by atoms with Gasteiger partial charge in [-0.3, -0.25) is 0 Å². The van der Waals surface area contributed by atoms with Crippen molar-refractivity contribution in [3.8, 4) is 0 Å². The van der Waals surface area contributed by atoms with Gasteiger partial charge in [-0.1, -0.05) is 0 Å². The van der Waals surface area contributed by atoms with Gasteiger partial charge in [0.1, 0.15) is 0 Å². The smallest absolute Gasteiger partial charge is 0.0717 e. The molecule has 0 saturated carbocycles. The molecule has 12 heavy (non-hydrogen) atoms. The summed E-state index contributed by atoms with van der Waals surface area (Å²) in [4.78, 5) is 2.33. The summed E-state index contributed by atoms with van der Waals surface area (Å²) in [6, 6.07) is 0.664. The number of methoxy groups -OCH3 is 1. The van der Waals surface area contributed by atoms with E-state index >= 15 is 0 Å². The van der Waals surface area contributed by atoms with Crippen LogP contribution in [0.5, 0.6) is 0 Å². The van der Waals surface area contributed by atoms with E-state index in [1.54, 1.807) is 7.11 Å². The number of likely N-dealkylation sites (N-methyl/N-ethyl adjacent to an activating group) is 1. The fourth-order valence-corrected chi connectivity index (χ4v) is 1.55. The normalized spacial score (nSPS) is 31.2. The molecule has 3 heteroatoms. The van der Waals surface area contributed by atoms with Crippen molar-refractivity contribution < 1.29 is 9.47 Å². The third-order valence-electron chi connectivity index (χ3n) is 2.49. The summed E-state index contributed by atoms with van der Waals surface area (Å²) >= 11 is 0. The highest BCUT2D eigenvalue weighted by Crippen LogP contribution is 2.17. The van der Waals surface area contributed by atoms with Crippen LogP contribution < -0.4 is 0 Å². The molecule has 0 aromatic heterocycles. The molecule has 0 bridgehead atoms. The zero-order valence-electron chi connectivity index (χ0n) is 8.25. The largest absolute Gasteiger partial charge is 0.382 e. The van der Waals surface area contributed by atoms with Gasteiger partial charge < -0.3 is 14.4 Å². The van der Waals surface area contributed by atoms with Crippen LogP contribution in [-0.2, 0) is 9.47 Å². The van der Waals surface area contributed by atoms with Gasteiger partial charge in [0, 0.05) is 19.7 Å². The van der Waals surface area contributed by atoms with Crippen LogP contribution >= 0.6 is 0 Å². The van der Waals surface area contributed by atoms with E-state index in [9.17, 15) is 0 Å². The fourth-order valence-electron chi connectivity index (χ4n) is 1.55. The van der Waals surface area contributed by atoms with E-state index in [2.05, 4.69) is 18.9 Å². The SMILES string of the molecule is COCCOC1C[C@@H](C)N(C)C1. The second kappa shape index (κ2) is 4.80. The maximum Gasteiger partial charge on any atom is 0.0717 e. The van der Waals surface area contributed by atoms with Crippen molar-refractivity contribution in [2.24, 2.45) is 0 Å². The van der Waals surface area contributed by atoms with Gasteiger partial charge in [0.15, 0.2) is 0 Å². The van der Waals surface area contributed by atoms with Crippen LogP contribution in [0, 0.1) is 0 Å². The van der Waals surface area contributed by atoms with Gasteiger partial charge in [-0.15, -0.1) is 0 Å². The van der Waals surface area contributed by atoms with E-state index < -0.39 is 0 Å². The molecule has 2 atom stereocenters. The summed E-state index contributed by atoms with van der Waals surface area (Å²) in [6.45, 7) is 4.72. The Labute approximate surface area is 74.6 Å². The van der Waals surface area contributed by atoms with Crippen molar-refractivity contribution in [2.75, 3.05) is 33.9 Å². The number of likely N-dealkylation sites (tertiary alicyclic amines) is 1. The van der Waals surface area contributed by atoms with Crippen LogP contribution in [0.15, 0.2) is 0 Å². The van der Waals surface area contributed by atoms with Gasteiger partial charge in [0.2, 0.25) is 0 Å². The van der Waals surface area contributed by atoms with Gasteiger partial charge >= 0.3 is 0 Å². The molecular formula is C9H19NO2. The summed E-state index contributed by atoms with van der Waals surface area (Å²) in [6.07, 6.45) is 1.57. The van der Waals surface area contributed by atoms with Crippen LogP contribution in [0.25, 0.3) is 0 Å². The minimum absolute atomic E-state index is 0.417. The Bertz CT molecular complexity index is 120. The van der Waals surface area contributed by atoms with Crippen molar-refractivity contribution in [3.05, 3.63) is 0 Å². The third-order valence-corrected chi connectivity index (χ3v) is 2.49. The second-order valence-electron chi connectivity index (χ2n) is 3.51. The Balaban J connectivity index is 2.10. The Morgan fingerprint density at radius 1 is 1.42 bits per heavy atom. The number of rotatable bonds is 4. The summed E-state index contributed by atoms with van der Waals surface area (Å²) in [5, 5.41) is 0. The molecule has 1 aliphatic heterocycles. The van der Waals surface area contributed by atoms with E-state index in [1.165, 1.54) is 0 Å². The predicted octanol–water partition coefficient (Wildman–Crippen LogP) is 0.742. The highest BCUT2D eigenvalue weighted by atomic mass is 16.5. The molecule has 1 heterocycles. The monoisotopic (exact) mass is 173 g/mol. The first-order chi connectivity index (χ1) is 5.74. The predicted molar refractivity (Wildman–Crippen MR) is 48.3 cm³/mol. The first-order valence-electron chi connectivity index (χ1n) is 4.55. The average molecular weight is 173 g/mol. The van der Waals surface area contributed by atoms with Gasteiger partial charge in [0.25, 0.3) is 0 Å². The van der Waals surface area contributed by atoms with Crippen LogP contribution in [-0.4, -0.2) is 51.0 Å². The zero-order valence-corrected chi connectivity index (χ0v) is 8.25. The van der Waals surface area contributed by atoms with E-state index in [0.717, 1.165) is 19.6 Å². The number of nitrogens with zero attached hydrogens (tertiary/aromatic N) is 1. The molecule has 0 amide bonds. The zero-order chi connectivity index (χ0) is 8.97. The minimum Gasteiger partial charge on any atom is -0.382 e. The molecule has 0 aromatic carbocycles. The summed E-state index contributed by atoms with van der Waals surface area (Å²) in [5.74, 6) is 0.